The van der Waals surface area contributed by atoms with E-state index in [-0.39, 0.29) is 11.9 Å². The number of aromatic amines is 1. The minimum absolute atomic E-state index is 0.228. The van der Waals surface area contributed by atoms with Crippen LogP contribution < -0.4 is 10.1 Å². The molecule has 0 spiro atoms. The van der Waals surface area contributed by atoms with E-state index in [1.54, 1.807) is 13.0 Å². The van der Waals surface area contributed by atoms with Gasteiger partial charge >= 0.3 is 0 Å². The second-order valence-electron chi connectivity index (χ2n) is 3.27. The number of ether oxygens (including phenoxy) is 1. The highest BCUT2D eigenvalue weighted by atomic mass is 16.5. The van der Waals surface area contributed by atoms with Crippen LogP contribution in [-0.4, -0.2) is 33.2 Å². The van der Waals surface area contributed by atoms with Crippen molar-refractivity contribution in [3.05, 3.63) is 29.8 Å². The molecule has 2 aromatic heterocycles. The SMILES string of the molecule is COc1cnccc1C(=O)Nc1n[nH]c(C)n1. The van der Waals surface area contributed by atoms with Crippen LogP contribution in [0.2, 0.25) is 0 Å². The van der Waals surface area contributed by atoms with Crippen molar-refractivity contribution in [2.45, 2.75) is 6.92 Å². The molecule has 0 radical (unpaired) electrons. The minimum atomic E-state index is -0.344. The number of amides is 1. The number of H-pyrrole nitrogens is 1. The Morgan fingerprint density at radius 2 is 2.35 bits per heavy atom. The van der Waals surface area contributed by atoms with Crippen LogP contribution in [0, 0.1) is 6.92 Å². The first-order valence-corrected chi connectivity index (χ1v) is 4.89. The number of rotatable bonds is 3. The number of nitrogens with zero attached hydrogens (tertiary/aromatic N) is 3. The number of nitrogens with one attached hydrogen (secondary N) is 2. The highest BCUT2D eigenvalue weighted by Crippen LogP contribution is 2.16. The highest BCUT2D eigenvalue weighted by Gasteiger charge is 2.13. The molecule has 0 atom stereocenters. The van der Waals surface area contributed by atoms with Crippen molar-refractivity contribution in [1.29, 1.82) is 0 Å². The maximum Gasteiger partial charge on any atom is 0.261 e. The van der Waals surface area contributed by atoms with E-state index in [0.29, 0.717) is 17.1 Å². The number of hydrogen-bond donors (Lipinski definition) is 2. The predicted molar refractivity (Wildman–Crippen MR) is 59.9 cm³/mol. The molecule has 0 saturated carbocycles. The lowest BCUT2D eigenvalue weighted by Crippen LogP contribution is -2.14. The number of carbonyl (C=O) groups is 1. The molecular formula is C10H11N5O2. The summed E-state index contributed by atoms with van der Waals surface area (Å²) < 4.78 is 5.04. The van der Waals surface area contributed by atoms with Gasteiger partial charge in [-0.3, -0.25) is 20.2 Å². The molecule has 0 bridgehead atoms. The van der Waals surface area contributed by atoms with Gasteiger partial charge in [0.25, 0.3) is 5.91 Å². The topological polar surface area (TPSA) is 92.8 Å². The maximum atomic E-state index is 11.9. The van der Waals surface area contributed by atoms with Gasteiger partial charge in [-0.05, 0) is 13.0 Å². The number of aryl methyl sites for hydroxylation is 1. The van der Waals surface area contributed by atoms with E-state index in [9.17, 15) is 4.79 Å². The third-order valence-electron chi connectivity index (χ3n) is 2.07. The summed E-state index contributed by atoms with van der Waals surface area (Å²) in [5.41, 5.74) is 0.380. The van der Waals surface area contributed by atoms with Gasteiger partial charge in [0.1, 0.15) is 11.6 Å². The smallest absolute Gasteiger partial charge is 0.261 e. The van der Waals surface area contributed by atoms with E-state index < -0.39 is 0 Å². The van der Waals surface area contributed by atoms with E-state index in [4.69, 9.17) is 4.74 Å². The van der Waals surface area contributed by atoms with Crippen LogP contribution in [0.25, 0.3) is 0 Å². The third-order valence-corrected chi connectivity index (χ3v) is 2.07. The Labute approximate surface area is 97.2 Å². The molecular weight excluding hydrogens is 222 g/mol. The van der Waals surface area contributed by atoms with Crippen LogP contribution >= 0.6 is 0 Å². The molecule has 0 aliphatic heterocycles. The Morgan fingerprint density at radius 3 is 3.00 bits per heavy atom. The van der Waals surface area contributed by atoms with Gasteiger partial charge < -0.3 is 4.74 Å². The van der Waals surface area contributed by atoms with Crippen LogP contribution in [0.4, 0.5) is 5.95 Å². The summed E-state index contributed by atoms with van der Waals surface area (Å²) in [7, 11) is 1.48. The average Bonchev–Trinajstić information content (AvgIpc) is 2.74. The average molecular weight is 233 g/mol. The third kappa shape index (κ3) is 2.39. The highest BCUT2D eigenvalue weighted by molar-refractivity contribution is 6.05. The number of pyridine rings is 1. The number of hydrogen-bond acceptors (Lipinski definition) is 5. The van der Waals surface area contributed by atoms with Crippen molar-refractivity contribution in [2.75, 3.05) is 12.4 Å². The molecule has 0 aromatic carbocycles. The van der Waals surface area contributed by atoms with Crippen LogP contribution in [-0.2, 0) is 0 Å². The Bertz CT molecular complexity index is 537. The fourth-order valence-electron chi connectivity index (χ4n) is 1.30. The largest absolute Gasteiger partial charge is 0.494 e. The lowest BCUT2D eigenvalue weighted by atomic mass is 10.2. The molecule has 2 heterocycles. The first kappa shape index (κ1) is 11.1. The maximum absolute atomic E-state index is 11.9. The number of anilines is 1. The lowest BCUT2D eigenvalue weighted by Gasteiger charge is -2.05. The monoisotopic (exact) mass is 233 g/mol. The molecule has 1 amide bonds. The van der Waals surface area contributed by atoms with E-state index in [2.05, 4.69) is 25.5 Å². The summed E-state index contributed by atoms with van der Waals surface area (Å²) in [5, 5.41) is 9.00. The quantitative estimate of drug-likeness (QED) is 0.816. The molecule has 0 fully saturated rings. The molecule has 7 nitrogen and oxygen atoms in total. The van der Waals surface area contributed by atoms with Crippen molar-refractivity contribution in [1.82, 2.24) is 20.2 Å². The molecule has 2 N–H and O–H groups in total. The zero-order valence-corrected chi connectivity index (χ0v) is 9.39. The van der Waals surface area contributed by atoms with Crippen LogP contribution in [0.5, 0.6) is 5.75 Å². The number of aromatic nitrogens is 4. The predicted octanol–water partition coefficient (Wildman–Crippen LogP) is 0.769. The standard InChI is InChI=1S/C10H11N5O2/c1-6-12-10(15-14-6)13-9(16)7-3-4-11-5-8(7)17-2/h3-5H,1-2H3,(H2,12,13,14,15,16). The summed E-state index contributed by atoms with van der Waals surface area (Å²) in [6.07, 6.45) is 2.98. The van der Waals surface area contributed by atoms with Crippen molar-refractivity contribution in [3.8, 4) is 5.75 Å². The van der Waals surface area contributed by atoms with Crippen LogP contribution in [0.1, 0.15) is 16.2 Å². The summed E-state index contributed by atoms with van der Waals surface area (Å²) >= 11 is 0. The summed E-state index contributed by atoms with van der Waals surface area (Å²) in [4.78, 5) is 19.7. The van der Waals surface area contributed by atoms with Crippen LogP contribution in [0.15, 0.2) is 18.5 Å². The van der Waals surface area contributed by atoms with Gasteiger partial charge in [-0.25, -0.2) is 0 Å². The van der Waals surface area contributed by atoms with Gasteiger partial charge in [0.05, 0.1) is 18.9 Å². The van der Waals surface area contributed by atoms with E-state index in [1.807, 2.05) is 0 Å². The first-order valence-electron chi connectivity index (χ1n) is 4.89. The van der Waals surface area contributed by atoms with Crippen molar-refractivity contribution >= 4 is 11.9 Å². The van der Waals surface area contributed by atoms with Crippen molar-refractivity contribution < 1.29 is 9.53 Å². The molecule has 0 saturated heterocycles. The fourth-order valence-corrected chi connectivity index (χ4v) is 1.30. The van der Waals surface area contributed by atoms with Gasteiger partial charge in [0.15, 0.2) is 0 Å². The van der Waals surface area contributed by atoms with E-state index >= 15 is 0 Å². The fraction of sp³-hybridized carbons (Fsp3) is 0.200. The summed E-state index contributed by atoms with van der Waals surface area (Å²) in [6, 6.07) is 1.56. The molecule has 0 unspecified atom stereocenters. The number of carbonyl (C=O) groups excluding carboxylic acids is 1. The van der Waals surface area contributed by atoms with Gasteiger partial charge in [0.2, 0.25) is 5.95 Å². The van der Waals surface area contributed by atoms with Crippen molar-refractivity contribution in [2.24, 2.45) is 0 Å². The second-order valence-corrected chi connectivity index (χ2v) is 3.27. The zero-order valence-electron chi connectivity index (χ0n) is 9.39. The summed E-state index contributed by atoms with van der Waals surface area (Å²) in [6.45, 7) is 1.75. The van der Waals surface area contributed by atoms with Gasteiger partial charge in [-0.15, -0.1) is 5.10 Å². The molecule has 0 aliphatic rings. The molecule has 0 aliphatic carbocycles. The van der Waals surface area contributed by atoms with E-state index in [0.717, 1.165) is 0 Å². The van der Waals surface area contributed by atoms with E-state index in [1.165, 1.54) is 19.5 Å². The van der Waals surface area contributed by atoms with Gasteiger partial charge in [-0.1, -0.05) is 0 Å². The number of methoxy groups -OCH3 is 1. The van der Waals surface area contributed by atoms with Crippen molar-refractivity contribution in [3.63, 3.8) is 0 Å². The first-order chi connectivity index (χ1) is 8.20. The molecule has 7 heteroatoms. The molecule has 88 valence electrons. The Kier molecular flexibility index (Phi) is 2.99. The Hall–Kier alpha value is -2.44. The van der Waals surface area contributed by atoms with Gasteiger partial charge in [-0.2, -0.15) is 4.98 Å². The Balaban J connectivity index is 2.20. The normalized spacial score (nSPS) is 10.0. The Morgan fingerprint density at radius 1 is 1.53 bits per heavy atom. The minimum Gasteiger partial charge on any atom is -0.494 e. The molecule has 17 heavy (non-hydrogen) atoms. The van der Waals surface area contributed by atoms with Gasteiger partial charge in [0, 0.05) is 6.20 Å². The van der Waals surface area contributed by atoms with Crippen LogP contribution in [0.3, 0.4) is 0 Å². The second kappa shape index (κ2) is 4.60. The zero-order chi connectivity index (χ0) is 12.3. The lowest BCUT2D eigenvalue weighted by molar-refractivity contribution is 0.102. The summed E-state index contributed by atoms with van der Waals surface area (Å²) in [5.74, 6) is 0.911. The molecule has 2 rings (SSSR count). The molecule has 2 aromatic rings.